The van der Waals surface area contributed by atoms with Gasteiger partial charge in [-0.2, -0.15) is 5.10 Å². The molecule has 0 aliphatic rings. The molecule has 6 heteroatoms. The first-order valence-electron chi connectivity index (χ1n) is 6.80. The number of likely N-dealkylation sites (N-methyl/N-ethyl adjacent to an activating group) is 2. The van der Waals surface area contributed by atoms with Crippen molar-refractivity contribution in [3.05, 3.63) is 42.2 Å². The summed E-state index contributed by atoms with van der Waals surface area (Å²) in [6.07, 6.45) is 1.75. The Kier molecular flexibility index (Phi) is 4.59. The third-order valence-electron chi connectivity index (χ3n) is 3.22. The van der Waals surface area contributed by atoms with E-state index in [-0.39, 0.29) is 5.91 Å². The molecular weight excluding hydrogens is 266 g/mol. The average molecular weight is 287 g/mol. The van der Waals surface area contributed by atoms with E-state index in [1.54, 1.807) is 28.9 Å². The number of nitrogens with zero attached hydrogens (tertiary/aromatic N) is 4. The van der Waals surface area contributed by atoms with Crippen molar-refractivity contribution >= 4 is 11.6 Å². The first-order valence-corrected chi connectivity index (χ1v) is 6.80. The normalized spacial score (nSPS) is 10.9. The quantitative estimate of drug-likeness (QED) is 0.836. The number of carbonyl (C=O) groups is 1. The second-order valence-electron chi connectivity index (χ2n) is 5.23. The van der Waals surface area contributed by atoms with Crippen LogP contribution in [0.2, 0.25) is 0 Å². The summed E-state index contributed by atoms with van der Waals surface area (Å²) in [7, 11) is 5.73. The van der Waals surface area contributed by atoms with Crippen LogP contribution < -0.4 is 5.73 Å². The number of hydrogen-bond acceptors (Lipinski definition) is 4. The smallest absolute Gasteiger partial charge is 0.274 e. The summed E-state index contributed by atoms with van der Waals surface area (Å²) < 4.78 is 1.63. The standard InChI is InChI=1S/C15H21N5O/c1-18(2)10-11-19(3)15(21)13-8-9-20(17-13)14-7-5-4-6-12(14)16/h4-9H,10-11,16H2,1-3H3. The second kappa shape index (κ2) is 6.41. The largest absolute Gasteiger partial charge is 0.397 e. The maximum atomic E-state index is 12.3. The van der Waals surface area contributed by atoms with E-state index in [4.69, 9.17) is 5.73 Å². The third-order valence-corrected chi connectivity index (χ3v) is 3.22. The van der Waals surface area contributed by atoms with Gasteiger partial charge in [-0.1, -0.05) is 12.1 Å². The molecule has 0 fully saturated rings. The van der Waals surface area contributed by atoms with Crippen LogP contribution in [0.4, 0.5) is 5.69 Å². The maximum Gasteiger partial charge on any atom is 0.274 e. The number of aromatic nitrogens is 2. The Morgan fingerprint density at radius 1 is 1.19 bits per heavy atom. The Morgan fingerprint density at radius 3 is 2.57 bits per heavy atom. The Morgan fingerprint density at radius 2 is 1.90 bits per heavy atom. The van der Waals surface area contributed by atoms with E-state index in [2.05, 4.69) is 5.10 Å². The highest BCUT2D eigenvalue weighted by Gasteiger charge is 2.15. The zero-order chi connectivity index (χ0) is 15.4. The zero-order valence-electron chi connectivity index (χ0n) is 12.7. The number of amides is 1. The van der Waals surface area contributed by atoms with Crippen LogP contribution in [0.25, 0.3) is 5.69 Å². The van der Waals surface area contributed by atoms with Crippen LogP contribution in [-0.4, -0.2) is 59.7 Å². The minimum Gasteiger partial charge on any atom is -0.397 e. The van der Waals surface area contributed by atoms with Gasteiger partial charge in [-0.15, -0.1) is 0 Å². The molecule has 0 atom stereocenters. The molecule has 21 heavy (non-hydrogen) atoms. The lowest BCUT2D eigenvalue weighted by molar-refractivity contribution is 0.0780. The lowest BCUT2D eigenvalue weighted by Gasteiger charge is -2.18. The lowest BCUT2D eigenvalue weighted by Crippen LogP contribution is -2.33. The van der Waals surface area contributed by atoms with Gasteiger partial charge in [0, 0.05) is 26.3 Å². The molecule has 112 valence electrons. The number of rotatable bonds is 5. The summed E-state index contributed by atoms with van der Waals surface area (Å²) >= 11 is 0. The second-order valence-corrected chi connectivity index (χ2v) is 5.23. The molecule has 1 heterocycles. The average Bonchev–Trinajstić information content (AvgIpc) is 2.94. The molecule has 6 nitrogen and oxygen atoms in total. The van der Waals surface area contributed by atoms with Crippen LogP contribution in [0.3, 0.4) is 0 Å². The fraction of sp³-hybridized carbons (Fsp3) is 0.333. The SMILES string of the molecule is CN(C)CCN(C)C(=O)c1ccn(-c2ccccc2N)n1. The van der Waals surface area contributed by atoms with Crippen molar-refractivity contribution in [1.29, 1.82) is 0 Å². The number of nitrogens with two attached hydrogens (primary N) is 1. The van der Waals surface area contributed by atoms with Crippen molar-refractivity contribution in [2.75, 3.05) is 40.0 Å². The Balaban J connectivity index is 2.13. The van der Waals surface area contributed by atoms with Gasteiger partial charge in [0.2, 0.25) is 0 Å². The number of nitrogen functional groups attached to an aromatic ring is 1. The molecule has 0 bridgehead atoms. The van der Waals surface area contributed by atoms with Crippen molar-refractivity contribution in [3.63, 3.8) is 0 Å². The molecule has 2 N–H and O–H groups in total. The molecule has 0 saturated heterocycles. The first kappa shape index (κ1) is 15.1. The van der Waals surface area contributed by atoms with Crippen LogP contribution >= 0.6 is 0 Å². The molecule has 1 amide bonds. The number of hydrogen-bond donors (Lipinski definition) is 1. The van der Waals surface area contributed by atoms with E-state index in [0.717, 1.165) is 12.2 Å². The highest BCUT2D eigenvalue weighted by atomic mass is 16.2. The van der Waals surface area contributed by atoms with Crippen LogP contribution in [0, 0.1) is 0 Å². The summed E-state index contributed by atoms with van der Waals surface area (Å²) in [5.74, 6) is -0.0925. The number of carbonyl (C=O) groups excluding carboxylic acids is 1. The summed E-state index contributed by atoms with van der Waals surface area (Å²) in [6.45, 7) is 1.47. The van der Waals surface area contributed by atoms with Crippen molar-refractivity contribution < 1.29 is 4.79 Å². The lowest BCUT2D eigenvalue weighted by atomic mass is 10.3. The molecule has 0 aliphatic heterocycles. The molecule has 2 rings (SSSR count). The van der Waals surface area contributed by atoms with E-state index in [1.807, 2.05) is 43.3 Å². The van der Waals surface area contributed by atoms with Gasteiger partial charge in [0.05, 0.1) is 11.4 Å². The van der Waals surface area contributed by atoms with E-state index in [0.29, 0.717) is 17.9 Å². The van der Waals surface area contributed by atoms with Crippen molar-refractivity contribution in [1.82, 2.24) is 19.6 Å². The number of benzene rings is 1. The Bertz CT molecular complexity index is 620. The van der Waals surface area contributed by atoms with Crippen LogP contribution in [-0.2, 0) is 0 Å². The predicted molar refractivity (Wildman–Crippen MR) is 83.5 cm³/mol. The summed E-state index contributed by atoms with van der Waals surface area (Å²) in [5, 5.41) is 4.32. The van der Waals surface area contributed by atoms with Gasteiger partial charge in [-0.25, -0.2) is 4.68 Å². The van der Waals surface area contributed by atoms with Gasteiger partial charge in [0.25, 0.3) is 5.91 Å². The molecule has 0 spiro atoms. The molecule has 0 saturated carbocycles. The molecule has 1 aromatic heterocycles. The summed E-state index contributed by atoms with van der Waals surface area (Å²) in [5.41, 5.74) is 7.73. The molecule has 2 aromatic rings. The third kappa shape index (κ3) is 3.61. The fourth-order valence-corrected chi connectivity index (χ4v) is 1.92. The zero-order valence-corrected chi connectivity index (χ0v) is 12.7. The minimum absolute atomic E-state index is 0.0925. The van der Waals surface area contributed by atoms with Gasteiger partial charge in [0.15, 0.2) is 5.69 Å². The highest BCUT2D eigenvalue weighted by Crippen LogP contribution is 2.16. The number of anilines is 1. The molecular formula is C15H21N5O. The summed E-state index contributed by atoms with van der Waals surface area (Å²) in [6, 6.07) is 9.14. The van der Waals surface area contributed by atoms with E-state index in [1.165, 1.54) is 0 Å². The number of para-hydroxylation sites is 2. The van der Waals surface area contributed by atoms with Gasteiger partial charge in [-0.3, -0.25) is 4.79 Å². The van der Waals surface area contributed by atoms with E-state index >= 15 is 0 Å². The van der Waals surface area contributed by atoms with E-state index < -0.39 is 0 Å². The fourth-order valence-electron chi connectivity index (χ4n) is 1.92. The van der Waals surface area contributed by atoms with Gasteiger partial charge < -0.3 is 15.5 Å². The Labute approximate surface area is 124 Å². The van der Waals surface area contributed by atoms with Crippen LogP contribution in [0.15, 0.2) is 36.5 Å². The summed E-state index contributed by atoms with van der Waals surface area (Å²) in [4.78, 5) is 16.0. The molecule has 0 aliphatic carbocycles. The Hall–Kier alpha value is -2.34. The van der Waals surface area contributed by atoms with Crippen molar-refractivity contribution in [3.8, 4) is 5.69 Å². The topological polar surface area (TPSA) is 67.4 Å². The monoisotopic (exact) mass is 287 g/mol. The van der Waals surface area contributed by atoms with Crippen molar-refractivity contribution in [2.45, 2.75) is 0 Å². The maximum absolute atomic E-state index is 12.3. The van der Waals surface area contributed by atoms with Crippen LogP contribution in [0.5, 0.6) is 0 Å². The minimum atomic E-state index is -0.0925. The van der Waals surface area contributed by atoms with Gasteiger partial charge in [-0.05, 0) is 32.3 Å². The van der Waals surface area contributed by atoms with Gasteiger partial charge in [0.1, 0.15) is 0 Å². The molecule has 0 radical (unpaired) electrons. The van der Waals surface area contributed by atoms with Gasteiger partial charge >= 0.3 is 0 Å². The highest BCUT2D eigenvalue weighted by molar-refractivity contribution is 5.92. The van der Waals surface area contributed by atoms with E-state index in [9.17, 15) is 4.79 Å². The molecule has 1 aromatic carbocycles. The predicted octanol–water partition coefficient (Wildman–Crippen LogP) is 1.09. The van der Waals surface area contributed by atoms with Crippen molar-refractivity contribution in [2.24, 2.45) is 0 Å². The van der Waals surface area contributed by atoms with Crippen LogP contribution in [0.1, 0.15) is 10.5 Å². The molecule has 0 unspecified atom stereocenters. The first-order chi connectivity index (χ1) is 9.99.